The van der Waals surface area contributed by atoms with Gasteiger partial charge in [-0.15, -0.1) is 0 Å². The number of aryl methyl sites for hydroxylation is 2. The fraction of sp³-hybridized carbons (Fsp3) is 0.136. The minimum absolute atomic E-state index is 0.139. The molecule has 1 amide bonds. The fourth-order valence-corrected chi connectivity index (χ4v) is 4.22. The Morgan fingerprint density at radius 3 is 2.18 bits per heavy atom. The maximum atomic E-state index is 13.2. The van der Waals surface area contributed by atoms with Gasteiger partial charge in [-0.25, -0.2) is 8.42 Å². The molecule has 3 aromatic rings. The topological polar surface area (TPSA) is 66.5 Å². The minimum Gasteiger partial charge on any atom is -0.325 e. The molecule has 144 valence electrons. The number of hydrogen-bond acceptors (Lipinski definition) is 3. The van der Waals surface area contributed by atoms with Gasteiger partial charge in [0, 0.05) is 5.69 Å². The fourth-order valence-electron chi connectivity index (χ4n) is 2.79. The van der Waals surface area contributed by atoms with Crippen molar-refractivity contribution in [1.82, 2.24) is 0 Å². The van der Waals surface area contributed by atoms with Crippen molar-refractivity contribution in [3.05, 3.63) is 90.0 Å². The van der Waals surface area contributed by atoms with E-state index < -0.39 is 15.9 Å². The zero-order chi connectivity index (χ0) is 20.1. The SMILES string of the molecule is Cc1ccc(NC(=O)CN(c2cccc(C)c2)S(=O)(=O)c2ccccc2)cc1. The molecule has 0 aliphatic carbocycles. The van der Waals surface area contributed by atoms with Crippen LogP contribution in [0.5, 0.6) is 0 Å². The van der Waals surface area contributed by atoms with Gasteiger partial charge in [-0.05, 0) is 55.8 Å². The van der Waals surface area contributed by atoms with E-state index in [9.17, 15) is 13.2 Å². The Morgan fingerprint density at radius 2 is 1.54 bits per heavy atom. The lowest BCUT2D eigenvalue weighted by atomic mass is 10.2. The van der Waals surface area contributed by atoms with Gasteiger partial charge in [-0.3, -0.25) is 9.10 Å². The molecule has 5 nitrogen and oxygen atoms in total. The molecule has 6 heteroatoms. The van der Waals surface area contributed by atoms with E-state index in [1.807, 2.05) is 32.0 Å². The van der Waals surface area contributed by atoms with Gasteiger partial charge in [0.15, 0.2) is 0 Å². The van der Waals surface area contributed by atoms with E-state index >= 15 is 0 Å². The first kappa shape index (κ1) is 19.6. The van der Waals surface area contributed by atoms with Crippen LogP contribution < -0.4 is 9.62 Å². The average molecular weight is 394 g/mol. The molecule has 28 heavy (non-hydrogen) atoms. The third-order valence-electron chi connectivity index (χ3n) is 4.24. The molecule has 0 spiro atoms. The van der Waals surface area contributed by atoms with Crippen LogP contribution in [0.4, 0.5) is 11.4 Å². The van der Waals surface area contributed by atoms with Gasteiger partial charge in [0.25, 0.3) is 10.0 Å². The molecule has 0 saturated heterocycles. The number of benzene rings is 3. The molecule has 0 unspecified atom stereocenters. The number of nitrogens with one attached hydrogen (secondary N) is 1. The van der Waals surface area contributed by atoms with Crippen LogP contribution in [0.15, 0.2) is 83.8 Å². The van der Waals surface area contributed by atoms with Gasteiger partial charge < -0.3 is 5.32 Å². The zero-order valence-corrected chi connectivity index (χ0v) is 16.6. The second kappa shape index (κ2) is 8.27. The molecular formula is C22H22N2O3S. The van der Waals surface area contributed by atoms with E-state index in [0.29, 0.717) is 11.4 Å². The standard InChI is InChI=1S/C22H22N2O3S/c1-17-11-13-19(14-12-17)23-22(25)16-24(20-8-6-7-18(2)15-20)28(26,27)21-9-4-3-5-10-21/h3-15H,16H2,1-2H3,(H,23,25). The van der Waals surface area contributed by atoms with Crippen LogP contribution in [-0.2, 0) is 14.8 Å². The van der Waals surface area contributed by atoms with Crippen molar-refractivity contribution in [2.24, 2.45) is 0 Å². The third kappa shape index (κ3) is 4.58. The van der Waals surface area contributed by atoms with Crippen molar-refractivity contribution < 1.29 is 13.2 Å². The number of sulfonamides is 1. The lowest BCUT2D eigenvalue weighted by Crippen LogP contribution is -2.38. The van der Waals surface area contributed by atoms with E-state index in [1.54, 1.807) is 48.5 Å². The van der Waals surface area contributed by atoms with E-state index in [-0.39, 0.29) is 11.4 Å². The Hall–Kier alpha value is -3.12. The number of hydrogen-bond donors (Lipinski definition) is 1. The van der Waals surface area contributed by atoms with Gasteiger partial charge in [0.2, 0.25) is 5.91 Å². The summed E-state index contributed by atoms with van der Waals surface area (Å²) in [6, 6.07) is 22.5. The first-order chi connectivity index (χ1) is 13.4. The first-order valence-corrected chi connectivity index (χ1v) is 10.3. The Morgan fingerprint density at radius 1 is 0.857 bits per heavy atom. The van der Waals surface area contributed by atoms with Crippen LogP contribution >= 0.6 is 0 Å². The molecule has 0 saturated carbocycles. The Bertz CT molecular complexity index is 1060. The number of anilines is 2. The van der Waals surface area contributed by atoms with E-state index in [2.05, 4.69) is 5.32 Å². The molecule has 0 fully saturated rings. The molecule has 3 rings (SSSR count). The van der Waals surface area contributed by atoms with Gasteiger partial charge >= 0.3 is 0 Å². The summed E-state index contributed by atoms with van der Waals surface area (Å²) in [4.78, 5) is 12.8. The summed E-state index contributed by atoms with van der Waals surface area (Å²) in [7, 11) is -3.89. The lowest BCUT2D eigenvalue weighted by molar-refractivity contribution is -0.114. The summed E-state index contributed by atoms with van der Waals surface area (Å²) in [6.45, 7) is 3.51. The Kier molecular flexibility index (Phi) is 5.80. The lowest BCUT2D eigenvalue weighted by Gasteiger charge is -2.24. The number of nitrogens with zero attached hydrogens (tertiary/aromatic N) is 1. The summed E-state index contributed by atoms with van der Waals surface area (Å²) in [5.41, 5.74) is 3.05. The van der Waals surface area contributed by atoms with Gasteiger partial charge in [0.05, 0.1) is 10.6 Å². The number of carbonyl (C=O) groups is 1. The van der Waals surface area contributed by atoms with Crippen LogP contribution in [0.2, 0.25) is 0 Å². The van der Waals surface area contributed by atoms with E-state index in [4.69, 9.17) is 0 Å². The van der Waals surface area contributed by atoms with Crippen molar-refractivity contribution in [3.8, 4) is 0 Å². The quantitative estimate of drug-likeness (QED) is 0.683. The summed E-state index contributed by atoms with van der Waals surface area (Å²) in [5.74, 6) is -0.412. The maximum absolute atomic E-state index is 13.2. The van der Waals surface area contributed by atoms with Crippen molar-refractivity contribution in [2.45, 2.75) is 18.7 Å². The monoisotopic (exact) mass is 394 g/mol. The highest BCUT2D eigenvalue weighted by atomic mass is 32.2. The van der Waals surface area contributed by atoms with Gasteiger partial charge in [-0.2, -0.15) is 0 Å². The van der Waals surface area contributed by atoms with Crippen molar-refractivity contribution in [2.75, 3.05) is 16.2 Å². The number of rotatable bonds is 6. The molecule has 0 bridgehead atoms. The third-order valence-corrected chi connectivity index (χ3v) is 6.03. The van der Waals surface area contributed by atoms with E-state index in [0.717, 1.165) is 15.4 Å². The predicted octanol–water partition coefficient (Wildman–Crippen LogP) is 4.14. The smallest absolute Gasteiger partial charge is 0.264 e. The minimum atomic E-state index is -3.89. The van der Waals surface area contributed by atoms with Crippen molar-refractivity contribution in [1.29, 1.82) is 0 Å². The van der Waals surface area contributed by atoms with Gasteiger partial charge in [0.1, 0.15) is 6.54 Å². The Balaban J connectivity index is 1.92. The molecule has 3 aromatic carbocycles. The molecule has 0 aliphatic heterocycles. The molecule has 1 N–H and O–H groups in total. The number of carbonyl (C=O) groups excluding carboxylic acids is 1. The van der Waals surface area contributed by atoms with Crippen LogP contribution in [0.1, 0.15) is 11.1 Å². The molecule has 0 atom stereocenters. The van der Waals surface area contributed by atoms with Gasteiger partial charge in [-0.1, -0.05) is 48.0 Å². The van der Waals surface area contributed by atoms with Crippen LogP contribution in [0.3, 0.4) is 0 Å². The molecule has 0 radical (unpaired) electrons. The molecular weight excluding hydrogens is 372 g/mol. The molecule has 0 aromatic heterocycles. The second-order valence-electron chi connectivity index (χ2n) is 6.58. The van der Waals surface area contributed by atoms with Crippen molar-refractivity contribution in [3.63, 3.8) is 0 Å². The summed E-state index contributed by atoms with van der Waals surface area (Å²) in [5, 5.41) is 2.76. The van der Waals surface area contributed by atoms with Crippen molar-refractivity contribution >= 4 is 27.3 Å². The number of amides is 1. The Labute approximate surface area is 165 Å². The average Bonchev–Trinajstić information content (AvgIpc) is 2.68. The van der Waals surface area contributed by atoms with Crippen LogP contribution in [-0.4, -0.2) is 20.9 Å². The second-order valence-corrected chi connectivity index (χ2v) is 8.44. The summed E-state index contributed by atoms with van der Waals surface area (Å²) < 4.78 is 27.6. The van der Waals surface area contributed by atoms with Crippen LogP contribution in [0, 0.1) is 13.8 Å². The van der Waals surface area contributed by atoms with E-state index in [1.165, 1.54) is 12.1 Å². The largest absolute Gasteiger partial charge is 0.325 e. The molecule has 0 aliphatic rings. The summed E-state index contributed by atoms with van der Waals surface area (Å²) >= 11 is 0. The normalized spacial score (nSPS) is 11.1. The molecule has 0 heterocycles. The first-order valence-electron chi connectivity index (χ1n) is 8.87. The highest BCUT2D eigenvalue weighted by Gasteiger charge is 2.27. The highest BCUT2D eigenvalue weighted by molar-refractivity contribution is 7.92. The predicted molar refractivity (Wildman–Crippen MR) is 112 cm³/mol. The van der Waals surface area contributed by atoms with Crippen LogP contribution in [0.25, 0.3) is 0 Å². The highest BCUT2D eigenvalue weighted by Crippen LogP contribution is 2.24. The maximum Gasteiger partial charge on any atom is 0.264 e. The zero-order valence-electron chi connectivity index (χ0n) is 15.8. The summed E-state index contributed by atoms with van der Waals surface area (Å²) in [6.07, 6.45) is 0.